The molecule has 4 atom stereocenters. The fourth-order valence-corrected chi connectivity index (χ4v) is 5.98. The van der Waals surface area contributed by atoms with Gasteiger partial charge in [0.1, 0.15) is 18.1 Å². The first-order valence-corrected chi connectivity index (χ1v) is 11.6. The zero-order valence-electron chi connectivity index (χ0n) is 19.2. The maximum absolute atomic E-state index is 13.6. The average molecular weight is 459 g/mol. The molecule has 0 heterocycles. The number of aromatic hydroxyl groups is 1. The number of fused-ring (bicyclic) bond motifs is 3. The molecule has 1 fully saturated rings. The highest BCUT2D eigenvalue weighted by molar-refractivity contribution is 6.28. The van der Waals surface area contributed by atoms with Gasteiger partial charge in [0.15, 0.2) is 23.1 Å². The highest BCUT2D eigenvalue weighted by Crippen LogP contribution is 2.49. The predicted molar refractivity (Wildman–Crippen MR) is 123 cm³/mol. The van der Waals surface area contributed by atoms with Gasteiger partial charge in [-0.25, -0.2) is 0 Å². The van der Waals surface area contributed by atoms with E-state index in [1.165, 1.54) is 13.0 Å². The molecule has 2 aromatic rings. The predicted octanol–water partition coefficient (Wildman–Crippen LogP) is 3.91. The summed E-state index contributed by atoms with van der Waals surface area (Å²) in [6.45, 7) is 3.42. The first kappa shape index (κ1) is 22.3. The summed E-state index contributed by atoms with van der Waals surface area (Å²) in [5.41, 5.74) is 2.73. The lowest BCUT2D eigenvalue weighted by molar-refractivity contribution is -0.141. The van der Waals surface area contributed by atoms with Gasteiger partial charge in [0.25, 0.3) is 0 Å². The van der Waals surface area contributed by atoms with Gasteiger partial charge in [-0.05, 0) is 61.3 Å². The third kappa shape index (κ3) is 3.49. The van der Waals surface area contributed by atoms with E-state index in [4.69, 9.17) is 4.74 Å². The first-order valence-electron chi connectivity index (χ1n) is 11.6. The van der Waals surface area contributed by atoms with Crippen molar-refractivity contribution in [1.29, 1.82) is 0 Å². The van der Waals surface area contributed by atoms with Crippen LogP contribution in [0.1, 0.15) is 46.8 Å². The van der Waals surface area contributed by atoms with Crippen LogP contribution in [0.2, 0.25) is 0 Å². The number of hydrogen-bond donors (Lipinski definition) is 1. The average Bonchev–Trinajstić information content (AvgIpc) is 2.80. The Bertz CT molecular complexity index is 1260. The second kappa shape index (κ2) is 8.35. The molecule has 5 rings (SSSR count). The fraction of sp³-hybridized carbons (Fsp3) is 0.357. The zero-order chi connectivity index (χ0) is 24.1. The van der Waals surface area contributed by atoms with E-state index in [0.717, 1.165) is 16.7 Å². The molecule has 1 saturated carbocycles. The molecule has 3 aliphatic carbocycles. The van der Waals surface area contributed by atoms with Crippen LogP contribution in [0.25, 0.3) is 0 Å². The van der Waals surface area contributed by atoms with Gasteiger partial charge in [0.2, 0.25) is 0 Å². The third-order valence-corrected chi connectivity index (χ3v) is 7.54. The smallest absolute Gasteiger partial charge is 0.180 e. The van der Waals surface area contributed by atoms with Crippen LogP contribution in [0, 0.1) is 30.6 Å². The van der Waals surface area contributed by atoms with Crippen molar-refractivity contribution in [2.45, 2.75) is 39.7 Å². The first-order chi connectivity index (χ1) is 16.3. The minimum atomic E-state index is -1.03. The highest BCUT2D eigenvalue weighted by Gasteiger charge is 2.55. The van der Waals surface area contributed by atoms with Gasteiger partial charge in [0, 0.05) is 6.42 Å². The van der Waals surface area contributed by atoms with Crippen molar-refractivity contribution in [3.05, 3.63) is 76.1 Å². The summed E-state index contributed by atoms with van der Waals surface area (Å²) in [6.07, 6.45) is 1.32. The van der Waals surface area contributed by atoms with Crippen LogP contribution >= 0.6 is 0 Å². The fourth-order valence-electron chi connectivity index (χ4n) is 5.98. The molecule has 6 heteroatoms. The summed E-state index contributed by atoms with van der Waals surface area (Å²) in [6, 6.07) is 12.7. The van der Waals surface area contributed by atoms with Crippen molar-refractivity contribution < 1.29 is 29.0 Å². The van der Waals surface area contributed by atoms with Crippen LogP contribution in [0.15, 0.2) is 53.8 Å². The van der Waals surface area contributed by atoms with Crippen molar-refractivity contribution in [3.63, 3.8) is 0 Å². The van der Waals surface area contributed by atoms with Crippen molar-refractivity contribution in [2.24, 2.45) is 23.7 Å². The van der Waals surface area contributed by atoms with E-state index >= 15 is 0 Å². The molecule has 4 unspecified atom stereocenters. The Morgan fingerprint density at radius 3 is 2.35 bits per heavy atom. The van der Waals surface area contributed by atoms with Gasteiger partial charge in [-0.3, -0.25) is 19.2 Å². The molecule has 0 amide bonds. The van der Waals surface area contributed by atoms with Crippen LogP contribution in [-0.4, -0.2) is 28.2 Å². The van der Waals surface area contributed by atoms with Crippen LogP contribution in [0.4, 0.5) is 0 Å². The van der Waals surface area contributed by atoms with E-state index in [-0.39, 0.29) is 35.3 Å². The molecule has 0 aromatic heterocycles. The molecule has 0 spiro atoms. The minimum absolute atomic E-state index is 0.0636. The summed E-state index contributed by atoms with van der Waals surface area (Å²) in [7, 11) is 0. The van der Waals surface area contributed by atoms with Crippen LogP contribution in [0.5, 0.6) is 5.75 Å². The molecule has 1 N–H and O–H groups in total. The summed E-state index contributed by atoms with van der Waals surface area (Å²) in [5, 5.41) is 10.3. The number of benzene rings is 2. The number of ketones is 4. The molecule has 6 nitrogen and oxygen atoms in total. The van der Waals surface area contributed by atoms with Gasteiger partial charge < -0.3 is 9.84 Å². The molecular formula is C28H26O6. The number of Topliss-reactive ketones (excluding diaryl/α,β-unsaturated/α-hetero) is 4. The van der Waals surface area contributed by atoms with Gasteiger partial charge in [-0.15, -0.1) is 0 Å². The third-order valence-electron chi connectivity index (χ3n) is 7.54. The summed E-state index contributed by atoms with van der Waals surface area (Å²) in [4.78, 5) is 52.8. The number of carbonyl (C=O) groups is 4. The highest BCUT2D eigenvalue weighted by atomic mass is 16.5. The van der Waals surface area contributed by atoms with Gasteiger partial charge in [-0.1, -0.05) is 36.4 Å². The Labute approximate surface area is 197 Å². The number of phenols is 1. The van der Waals surface area contributed by atoms with Crippen LogP contribution in [-0.2, 0) is 32.1 Å². The van der Waals surface area contributed by atoms with Crippen molar-refractivity contribution in [3.8, 4) is 5.75 Å². The van der Waals surface area contributed by atoms with Crippen molar-refractivity contribution in [1.82, 2.24) is 0 Å². The molecule has 2 aromatic carbocycles. The minimum Gasteiger partial charge on any atom is -0.507 e. The maximum Gasteiger partial charge on any atom is 0.180 e. The Kier molecular flexibility index (Phi) is 5.47. The maximum atomic E-state index is 13.6. The van der Waals surface area contributed by atoms with E-state index in [1.807, 2.05) is 37.3 Å². The van der Waals surface area contributed by atoms with E-state index in [9.17, 15) is 24.3 Å². The Morgan fingerprint density at radius 2 is 1.65 bits per heavy atom. The number of aryl methyl sites for hydroxylation is 1. The molecule has 0 radical (unpaired) electrons. The number of rotatable bonds is 4. The Morgan fingerprint density at radius 1 is 0.971 bits per heavy atom. The lowest BCUT2D eigenvalue weighted by Crippen LogP contribution is -2.52. The molecule has 0 bridgehead atoms. The van der Waals surface area contributed by atoms with Gasteiger partial charge in [-0.2, -0.15) is 0 Å². The largest absolute Gasteiger partial charge is 0.507 e. The van der Waals surface area contributed by atoms with Crippen molar-refractivity contribution >= 4 is 23.1 Å². The molecule has 3 aliphatic rings. The van der Waals surface area contributed by atoms with Gasteiger partial charge in [0.05, 0.1) is 23.0 Å². The van der Waals surface area contributed by atoms with Crippen LogP contribution < -0.4 is 0 Å². The van der Waals surface area contributed by atoms with Crippen LogP contribution in [0.3, 0.4) is 0 Å². The lowest BCUT2D eigenvalue weighted by Gasteiger charge is -2.44. The SMILES string of the molecule is CC(=O)C1=C(OCc2ccccc2)CC2CC3Cc4c(C)ccc(O)c4C(=O)C3C(=O)C2C1=O. The monoisotopic (exact) mass is 458 g/mol. The standard InChI is InChI=1S/C28H26O6/c1-14-8-9-20(30)25-19(14)11-17-10-18-12-21(34-13-16-6-4-3-5-7-16)22(15(2)29)26(31)24(18)27(32)23(17)28(25)33/h3-9,17-18,23-24,30H,10-13H2,1-2H3. The lowest BCUT2D eigenvalue weighted by atomic mass is 9.57. The topological polar surface area (TPSA) is 97.7 Å². The van der Waals surface area contributed by atoms with E-state index in [1.54, 1.807) is 6.07 Å². The molecule has 174 valence electrons. The van der Waals surface area contributed by atoms with E-state index in [2.05, 4.69) is 0 Å². The molecule has 0 aliphatic heterocycles. The molecule has 34 heavy (non-hydrogen) atoms. The molecular weight excluding hydrogens is 432 g/mol. The van der Waals surface area contributed by atoms with E-state index in [0.29, 0.717) is 25.0 Å². The Balaban J connectivity index is 1.49. The zero-order valence-corrected chi connectivity index (χ0v) is 19.2. The van der Waals surface area contributed by atoms with Gasteiger partial charge >= 0.3 is 0 Å². The number of carbonyl (C=O) groups excluding carboxylic acids is 4. The number of phenolic OH excluding ortho intramolecular Hbond substituents is 1. The number of allylic oxidation sites excluding steroid dienone is 2. The Hall–Kier alpha value is -3.54. The normalized spacial score (nSPS) is 26.0. The summed E-state index contributed by atoms with van der Waals surface area (Å²) >= 11 is 0. The number of hydrogen-bond acceptors (Lipinski definition) is 6. The second-order valence-electron chi connectivity index (χ2n) is 9.63. The van der Waals surface area contributed by atoms with E-state index < -0.39 is 35.0 Å². The summed E-state index contributed by atoms with van der Waals surface area (Å²) in [5.74, 6) is -4.16. The second-order valence-corrected chi connectivity index (χ2v) is 9.63. The molecule has 0 saturated heterocycles. The quantitative estimate of drug-likeness (QED) is 0.551. The van der Waals surface area contributed by atoms with Crippen molar-refractivity contribution in [2.75, 3.05) is 0 Å². The number of ether oxygens (including phenoxy) is 1. The summed E-state index contributed by atoms with van der Waals surface area (Å²) < 4.78 is 5.97.